The van der Waals surface area contributed by atoms with E-state index in [1.54, 1.807) is 10.9 Å². The van der Waals surface area contributed by atoms with Gasteiger partial charge in [0.25, 0.3) is 11.6 Å². The van der Waals surface area contributed by atoms with Crippen molar-refractivity contribution in [1.29, 1.82) is 0 Å². The molecule has 20 heavy (non-hydrogen) atoms. The number of carbonyl (C=O) groups excluding carboxylic acids is 1. The number of nitro benzene ring substituents is 1. The number of halogens is 1. The van der Waals surface area contributed by atoms with Crippen LogP contribution in [0.4, 0.5) is 5.69 Å². The first-order chi connectivity index (χ1) is 9.58. The van der Waals surface area contributed by atoms with Gasteiger partial charge in [-0.2, -0.15) is 0 Å². The van der Waals surface area contributed by atoms with Crippen LogP contribution in [-0.2, 0) is 6.54 Å². The standard InChI is InChI=1S/C11H10ClN5O3/c12-10-2-1-8(17(19)20)7-9(10)11(18)13-3-5-16-6-4-14-15-16/h1-2,4,6-7H,3,5H2,(H,13,18). The second-order valence-electron chi connectivity index (χ2n) is 3.84. The number of rotatable bonds is 5. The zero-order chi connectivity index (χ0) is 14.5. The van der Waals surface area contributed by atoms with Gasteiger partial charge in [0.15, 0.2) is 0 Å². The van der Waals surface area contributed by atoms with E-state index in [-0.39, 0.29) is 16.3 Å². The molecule has 1 aromatic carbocycles. The number of nitrogens with one attached hydrogen (secondary N) is 1. The average molecular weight is 296 g/mol. The minimum Gasteiger partial charge on any atom is -0.350 e. The molecule has 1 amide bonds. The smallest absolute Gasteiger partial charge is 0.270 e. The molecule has 8 nitrogen and oxygen atoms in total. The van der Waals surface area contributed by atoms with Crippen molar-refractivity contribution in [3.8, 4) is 0 Å². The van der Waals surface area contributed by atoms with Crippen molar-refractivity contribution in [2.75, 3.05) is 6.54 Å². The molecular weight excluding hydrogens is 286 g/mol. The van der Waals surface area contributed by atoms with Crippen LogP contribution in [0, 0.1) is 10.1 Å². The maximum Gasteiger partial charge on any atom is 0.270 e. The van der Waals surface area contributed by atoms with Gasteiger partial charge in [-0.15, -0.1) is 5.10 Å². The summed E-state index contributed by atoms with van der Waals surface area (Å²) in [6.45, 7) is 0.750. The van der Waals surface area contributed by atoms with Crippen molar-refractivity contribution in [3.05, 3.63) is 51.3 Å². The van der Waals surface area contributed by atoms with Crippen LogP contribution in [0.5, 0.6) is 0 Å². The van der Waals surface area contributed by atoms with Crippen molar-refractivity contribution in [2.24, 2.45) is 0 Å². The first kappa shape index (κ1) is 13.9. The molecule has 0 spiro atoms. The molecule has 9 heteroatoms. The van der Waals surface area contributed by atoms with Crippen LogP contribution in [0.2, 0.25) is 5.02 Å². The summed E-state index contributed by atoms with van der Waals surface area (Å²) >= 11 is 5.86. The van der Waals surface area contributed by atoms with Gasteiger partial charge in [0.05, 0.1) is 28.3 Å². The summed E-state index contributed by atoms with van der Waals surface area (Å²) in [5, 5.41) is 20.8. The fourth-order valence-corrected chi connectivity index (χ4v) is 1.74. The molecule has 0 atom stereocenters. The molecular formula is C11H10ClN5O3. The summed E-state index contributed by atoms with van der Waals surface area (Å²) in [5.41, 5.74) is -0.115. The molecule has 0 aliphatic heterocycles. The lowest BCUT2D eigenvalue weighted by molar-refractivity contribution is -0.384. The monoisotopic (exact) mass is 295 g/mol. The van der Waals surface area contributed by atoms with Gasteiger partial charge < -0.3 is 5.32 Å². The Labute approximate surface area is 118 Å². The van der Waals surface area contributed by atoms with Gasteiger partial charge in [0.1, 0.15) is 0 Å². The third kappa shape index (κ3) is 3.29. The van der Waals surface area contributed by atoms with Gasteiger partial charge in [-0.1, -0.05) is 16.8 Å². The molecule has 0 fully saturated rings. The Morgan fingerprint density at radius 1 is 1.50 bits per heavy atom. The summed E-state index contributed by atoms with van der Waals surface area (Å²) < 4.78 is 1.55. The van der Waals surface area contributed by atoms with E-state index < -0.39 is 10.8 Å². The zero-order valence-electron chi connectivity index (χ0n) is 10.2. The SMILES string of the molecule is O=C(NCCn1ccnn1)c1cc([N+](=O)[O-])ccc1Cl. The van der Waals surface area contributed by atoms with Crippen molar-refractivity contribution in [2.45, 2.75) is 6.54 Å². The minimum absolute atomic E-state index is 0.0689. The summed E-state index contributed by atoms with van der Waals surface area (Å²) in [4.78, 5) is 22.0. The second-order valence-corrected chi connectivity index (χ2v) is 4.25. The molecule has 104 valence electrons. The predicted octanol–water partition coefficient (Wildman–Crippen LogP) is 1.27. The Hall–Kier alpha value is -2.48. The topological polar surface area (TPSA) is 103 Å². The summed E-state index contributed by atoms with van der Waals surface area (Å²) in [5.74, 6) is -0.473. The van der Waals surface area contributed by atoms with E-state index in [0.717, 1.165) is 6.07 Å². The van der Waals surface area contributed by atoms with Crippen LogP contribution in [0.15, 0.2) is 30.6 Å². The maximum absolute atomic E-state index is 11.9. The van der Waals surface area contributed by atoms with E-state index in [1.807, 2.05) is 0 Å². The predicted molar refractivity (Wildman–Crippen MR) is 70.5 cm³/mol. The maximum atomic E-state index is 11.9. The van der Waals surface area contributed by atoms with Crippen LogP contribution in [-0.4, -0.2) is 32.4 Å². The van der Waals surface area contributed by atoms with Crippen molar-refractivity contribution >= 4 is 23.2 Å². The minimum atomic E-state index is -0.581. The lowest BCUT2D eigenvalue weighted by Crippen LogP contribution is -2.27. The highest BCUT2D eigenvalue weighted by molar-refractivity contribution is 6.33. The van der Waals surface area contributed by atoms with Gasteiger partial charge in [-0.05, 0) is 6.07 Å². The number of hydrogen-bond acceptors (Lipinski definition) is 5. The van der Waals surface area contributed by atoms with Crippen LogP contribution >= 0.6 is 11.6 Å². The largest absolute Gasteiger partial charge is 0.350 e. The van der Waals surface area contributed by atoms with Crippen LogP contribution in [0.3, 0.4) is 0 Å². The number of hydrogen-bond donors (Lipinski definition) is 1. The first-order valence-corrected chi connectivity index (χ1v) is 6.02. The zero-order valence-corrected chi connectivity index (χ0v) is 10.9. The molecule has 2 rings (SSSR count). The molecule has 0 saturated heterocycles. The number of nitro groups is 1. The van der Waals surface area contributed by atoms with Crippen molar-refractivity contribution in [1.82, 2.24) is 20.3 Å². The lowest BCUT2D eigenvalue weighted by Gasteiger charge is -2.06. The second kappa shape index (κ2) is 6.11. The lowest BCUT2D eigenvalue weighted by atomic mass is 10.2. The van der Waals surface area contributed by atoms with E-state index in [1.165, 1.54) is 18.3 Å². The first-order valence-electron chi connectivity index (χ1n) is 5.64. The van der Waals surface area contributed by atoms with Crippen LogP contribution in [0.25, 0.3) is 0 Å². The summed E-state index contributed by atoms with van der Waals surface area (Å²) in [7, 11) is 0. The van der Waals surface area contributed by atoms with Gasteiger partial charge in [-0.3, -0.25) is 19.6 Å². The Morgan fingerprint density at radius 2 is 2.30 bits per heavy atom. The van der Waals surface area contributed by atoms with Gasteiger partial charge >= 0.3 is 0 Å². The van der Waals surface area contributed by atoms with Gasteiger partial charge in [0.2, 0.25) is 0 Å². The molecule has 1 aromatic heterocycles. The molecule has 2 aromatic rings. The van der Waals surface area contributed by atoms with Crippen molar-refractivity contribution in [3.63, 3.8) is 0 Å². The number of aromatic nitrogens is 3. The van der Waals surface area contributed by atoms with E-state index in [0.29, 0.717) is 13.1 Å². The van der Waals surface area contributed by atoms with E-state index >= 15 is 0 Å². The van der Waals surface area contributed by atoms with E-state index in [4.69, 9.17) is 11.6 Å². The van der Waals surface area contributed by atoms with Gasteiger partial charge in [-0.25, -0.2) is 0 Å². The number of nitrogens with zero attached hydrogens (tertiary/aromatic N) is 4. The van der Waals surface area contributed by atoms with Gasteiger partial charge in [0, 0.05) is 24.9 Å². The molecule has 0 saturated carbocycles. The molecule has 0 unspecified atom stereocenters. The fraction of sp³-hybridized carbons (Fsp3) is 0.182. The van der Waals surface area contributed by atoms with E-state index in [9.17, 15) is 14.9 Å². The van der Waals surface area contributed by atoms with Crippen LogP contribution < -0.4 is 5.32 Å². The third-order valence-corrected chi connectivity index (χ3v) is 2.83. The Bertz CT molecular complexity index is 629. The highest BCUT2D eigenvalue weighted by Gasteiger charge is 2.15. The van der Waals surface area contributed by atoms with Crippen LogP contribution in [0.1, 0.15) is 10.4 Å². The van der Waals surface area contributed by atoms with Crippen molar-refractivity contribution < 1.29 is 9.72 Å². The Balaban J connectivity index is 2.01. The molecule has 0 radical (unpaired) electrons. The molecule has 1 N–H and O–H groups in total. The molecule has 0 aliphatic rings. The number of non-ortho nitro benzene ring substituents is 1. The normalized spacial score (nSPS) is 10.2. The fourth-order valence-electron chi connectivity index (χ4n) is 1.53. The van der Waals surface area contributed by atoms with E-state index in [2.05, 4.69) is 15.6 Å². The molecule has 0 bridgehead atoms. The Morgan fingerprint density at radius 3 is 2.95 bits per heavy atom. The average Bonchev–Trinajstić information content (AvgIpc) is 2.92. The third-order valence-electron chi connectivity index (χ3n) is 2.50. The molecule has 0 aliphatic carbocycles. The number of carbonyl (C=O) groups is 1. The molecule has 1 heterocycles. The highest BCUT2D eigenvalue weighted by Crippen LogP contribution is 2.21. The quantitative estimate of drug-likeness (QED) is 0.661. The summed E-state index contributed by atoms with van der Waals surface area (Å²) in [6.07, 6.45) is 3.19. The number of amides is 1. The summed E-state index contributed by atoms with van der Waals surface area (Å²) in [6, 6.07) is 3.72. The number of benzene rings is 1. The Kier molecular flexibility index (Phi) is 4.26. The highest BCUT2D eigenvalue weighted by atomic mass is 35.5.